The molecule has 0 spiro atoms. The van der Waals surface area contributed by atoms with Gasteiger partial charge in [-0.3, -0.25) is 4.79 Å². The summed E-state index contributed by atoms with van der Waals surface area (Å²) in [4.78, 5) is 18.2. The molecule has 1 aromatic rings. The molecule has 0 unspecified atom stereocenters. The van der Waals surface area contributed by atoms with E-state index in [1.54, 1.807) is 12.2 Å². The zero-order valence-electron chi connectivity index (χ0n) is 12.7. The lowest BCUT2D eigenvalue weighted by atomic mass is 9.97. The predicted octanol–water partition coefficient (Wildman–Crippen LogP) is 3.61. The van der Waals surface area contributed by atoms with Crippen LogP contribution in [-0.2, 0) is 4.79 Å². The number of aryl methyl sites for hydroxylation is 1. The molecule has 1 aliphatic carbocycles. The number of hydrogen-bond acceptors (Lipinski definition) is 3. The Morgan fingerprint density at radius 2 is 1.60 bits per heavy atom. The van der Waals surface area contributed by atoms with Crippen molar-refractivity contribution in [2.75, 3.05) is 19.0 Å². The number of aliphatic imine (C=N–C) groups is 1. The summed E-state index contributed by atoms with van der Waals surface area (Å²) in [6.45, 7) is 5.91. The molecule has 0 atom stereocenters. The van der Waals surface area contributed by atoms with E-state index >= 15 is 0 Å². The first-order chi connectivity index (χ1) is 9.38. The second-order valence-corrected chi connectivity index (χ2v) is 5.38. The van der Waals surface area contributed by atoms with Gasteiger partial charge in [-0.2, -0.15) is 0 Å². The van der Waals surface area contributed by atoms with Gasteiger partial charge in [-0.1, -0.05) is 0 Å². The van der Waals surface area contributed by atoms with Gasteiger partial charge in [0.15, 0.2) is 5.78 Å². The van der Waals surface area contributed by atoms with E-state index in [1.807, 2.05) is 34.0 Å². The van der Waals surface area contributed by atoms with Gasteiger partial charge >= 0.3 is 0 Å². The van der Waals surface area contributed by atoms with Gasteiger partial charge in [-0.25, -0.2) is 4.99 Å². The van der Waals surface area contributed by atoms with Crippen molar-refractivity contribution in [1.29, 1.82) is 0 Å². The van der Waals surface area contributed by atoms with Crippen LogP contribution in [0.3, 0.4) is 0 Å². The highest BCUT2D eigenvalue weighted by Crippen LogP contribution is 2.26. The maximum atomic E-state index is 11.5. The van der Waals surface area contributed by atoms with Crippen LogP contribution in [0.4, 0.5) is 11.4 Å². The van der Waals surface area contributed by atoms with Crippen LogP contribution in [0.2, 0.25) is 0 Å². The van der Waals surface area contributed by atoms with E-state index in [0.29, 0.717) is 0 Å². The van der Waals surface area contributed by atoms with Crippen molar-refractivity contribution < 1.29 is 4.79 Å². The molecule has 0 saturated heterocycles. The lowest BCUT2D eigenvalue weighted by molar-refractivity contribution is -0.110. The summed E-state index contributed by atoms with van der Waals surface area (Å²) >= 11 is 0. The Morgan fingerprint density at radius 3 is 2.10 bits per heavy atom. The van der Waals surface area contributed by atoms with Crippen LogP contribution in [0.5, 0.6) is 0 Å². The number of anilines is 1. The fourth-order valence-corrected chi connectivity index (χ4v) is 2.26. The highest BCUT2D eigenvalue weighted by molar-refractivity contribution is 6.22. The van der Waals surface area contributed by atoms with E-state index in [4.69, 9.17) is 4.99 Å². The summed E-state index contributed by atoms with van der Waals surface area (Å²) in [5.41, 5.74) is 5.97. The Hall–Kier alpha value is -2.16. The van der Waals surface area contributed by atoms with Crippen LogP contribution in [0.25, 0.3) is 0 Å². The van der Waals surface area contributed by atoms with E-state index in [2.05, 4.69) is 24.0 Å². The number of rotatable bonds is 2. The maximum Gasteiger partial charge on any atom is 0.179 e. The van der Waals surface area contributed by atoms with Crippen molar-refractivity contribution in [3.8, 4) is 0 Å². The molecule has 0 fully saturated rings. The van der Waals surface area contributed by atoms with E-state index in [9.17, 15) is 4.79 Å². The molecular weight excluding hydrogens is 248 g/mol. The Balaban J connectivity index is 2.43. The topological polar surface area (TPSA) is 32.7 Å². The first-order valence-corrected chi connectivity index (χ1v) is 6.66. The second-order valence-electron chi connectivity index (χ2n) is 5.38. The molecule has 104 valence electrons. The lowest BCUT2D eigenvalue weighted by Crippen LogP contribution is -2.11. The van der Waals surface area contributed by atoms with Crippen molar-refractivity contribution in [3.63, 3.8) is 0 Å². The third-order valence-electron chi connectivity index (χ3n) is 3.39. The monoisotopic (exact) mass is 268 g/mol. The number of allylic oxidation sites excluding steroid dienone is 4. The molecule has 0 amide bonds. The standard InChI is InChI=1S/C17H20N2O/c1-11-8-14(19(4)5)6-7-16(11)18-17-12(2)9-15(20)10-13(17)3/h6-10H,1-5H3. The Kier molecular flexibility index (Phi) is 3.89. The first-order valence-electron chi connectivity index (χ1n) is 6.66. The van der Waals surface area contributed by atoms with Crippen molar-refractivity contribution in [1.82, 2.24) is 0 Å². The van der Waals surface area contributed by atoms with Crippen LogP contribution in [0.15, 0.2) is 46.5 Å². The number of benzene rings is 1. The quantitative estimate of drug-likeness (QED) is 0.768. The van der Waals surface area contributed by atoms with Gasteiger partial charge in [-0.15, -0.1) is 0 Å². The minimum atomic E-state index is 0.0404. The minimum absolute atomic E-state index is 0.0404. The number of carbonyl (C=O) groups is 1. The van der Waals surface area contributed by atoms with Crippen molar-refractivity contribution in [3.05, 3.63) is 47.1 Å². The number of ketones is 1. The van der Waals surface area contributed by atoms with Crippen LogP contribution in [0.1, 0.15) is 19.4 Å². The molecule has 0 N–H and O–H groups in total. The van der Waals surface area contributed by atoms with E-state index < -0.39 is 0 Å². The molecule has 0 heterocycles. The zero-order chi connectivity index (χ0) is 14.9. The van der Waals surface area contributed by atoms with Gasteiger partial charge in [0, 0.05) is 19.8 Å². The minimum Gasteiger partial charge on any atom is -0.378 e. The normalized spacial score (nSPS) is 14.8. The highest BCUT2D eigenvalue weighted by Gasteiger charge is 2.13. The molecule has 3 nitrogen and oxygen atoms in total. The molecule has 20 heavy (non-hydrogen) atoms. The van der Waals surface area contributed by atoms with Crippen molar-refractivity contribution in [2.45, 2.75) is 20.8 Å². The van der Waals surface area contributed by atoms with Gasteiger partial charge < -0.3 is 4.90 Å². The first kappa shape index (κ1) is 14.3. The van der Waals surface area contributed by atoms with Crippen molar-refractivity contribution in [2.24, 2.45) is 4.99 Å². The summed E-state index contributed by atoms with van der Waals surface area (Å²) < 4.78 is 0. The third kappa shape index (κ3) is 2.87. The fourth-order valence-electron chi connectivity index (χ4n) is 2.26. The van der Waals surface area contributed by atoms with Crippen LogP contribution < -0.4 is 4.90 Å². The predicted molar refractivity (Wildman–Crippen MR) is 85.1 cm³/mol. The van der Waals surface area contributed by atoms with Crippen LogP contribution >= 0.6 is 0 Å². The van der Waals surface area contributed by atoms with Gasteiger partial charge in [0.05, 0.1) is 11.4 Å². The maximum absolute atomic E-state index is 11.5. The van der Waals surface area contributed by atoms with E-state index in [-0.39, 0.29) is 5.78 Å². The van der Waals surface area contributed by atoms with Gasteiger partial charge in [0.2, 0.25) is 0 Å². The SMILES string of the molecule is CC1=CC(=O)C=C(C)C1=Nc1ccc(N(C)C)cc1C. The summed E-state index contributed by atoms with van der Waals surface area (Å²) in [6, 6.07) is 6.19. The van der Waals surface area contributed by atoms with Gasteiger partial charge in [0.1, 0.15) is 0 Å². The average molecular weight is 268 g/mol. The Bertz CT molecular complexity index is 625. The molecular formula is C17H20N2O. The second kappa shape index (κ2) is 5.45. The summed E-state index contributed by atoms with van der Waals surface area (Å²) in [7, 11) is 4.04. The molecule has 1 aromatic carbocycles. The number of hydrogen-bond donors (Lipinski definition) is 0. The summed E-state index contributed by atoms with van der Waals surface area (Å²) in [6.07, 6.45) is 3.27. The van der Waals surface area contributed by atoms with Crippen molar-refractivity contribution >= 4 is 22.9 Å². The zero-order valence-corrected chi connectivity index (χ0v) is 12.7. The van der Waals surface area contributed by atoms with E-state index in [0.717, 1.165) is 33.8 Å². The molecule has 0 radical (unpaired) electrons. The smallest absolute Gasteiger partial charge is 0.179 e. The van der Waals surface area contributed by atoms with E-state index in [1.165, 1.54) is 0 Å². The molecule has 0 bridgehead atoms. The number of carbonyl (C=O) groups excluding carboxylic acids is 1. The lowest BCUT2D eigenvalue weighted by Gasteiger charge is -2.15. The fraction of sp³-hybridized carbons (Fsp3) is 0.294. The third-order valence-corrected chi connectivity index (χ3v) is 3.39. The summed E-state index contributed by atoms with van der Waals surface area (Å²) in [5.74, 6) is 0.0404. The Morgan fingerprint density at radius 1 is 1.00 bits per heavy atom. The van der Waals surface area contributed by atoms with Crippen LogP contribution in [-0.4, -0.2) is 25.6 Å². The average Bonchev–Trinajstić information content (AvgIpc) is 2.34. The largest absolute Gasteiger partial charge is 0.378 e. The molecule has 0 aromatic heterocycles. The van der Waals surface area contributed by atoms with Gasteiger partial charge in [-0.05, 0) is 67.8 Å². The molecule has 1 aliphatic rings. The Labute approximate surface area is 120 Å². The molecule has 0 saturated carbocycles. The molecule has 0 aliphatic heterocycles. The van der Waals surface area contributed by atoms with Crippen LogP contribution in [0, 0.1) is 6.92 Å². The molecule has 2 rings (SSSR count). The van der Waals surface area contributed by atoms with Gasteiger partial charge in [0.25, 0.3) is 0 Å². The number of nitrogens with zero attached hydrogens (tertiary/aromatic N) is 2. The molecule has 3 heteroatoms. The highest BCUT2D eigenvalue weighted by atomic mass is 16.1. The summed E-state index contributed by atoms with van der Waals surface area (Å²) in [5, 5.41) is 0.